The Balaban J connectivity index is 1.98. The summed E-state index contributed by atoms with van der Waals surface area (Å²) in [6.07, 6.45) is -0.389. The van der Waals surface area contributed by atoms with E-state index < -0.39 is 5.60 Å². The molecule has 2 N–H and O–H groups in total. The molecule has 1 aromatic carbocycles. The van der Waals surface area contributed by atoms with E-state index in [2.05, 4.69) is 15.3 Å². The molecule has 1 aromatic heterocycles. The Bertz CT molecular complexity index is 793. The second-order valence-corrected chi connectivity index (χ2v) is 6.76. The zero-order valence-corrected chi connectivity index (χ0v) is 14.8. The van der Waals surface area contributed by atoms with Crippen molar-refractivity contribution in [3.8, 4) is 0 Å². The Kier molecular flexibility index (Phi) is 5.11. The van der Waals surface area contributed by atoms with Crippen LogP contribution in [0.1, 0.15) is 26.3 Å². The molecule has 130 valence electrons. The number of aryl methyl sites for hydroxylation is 1. The third-order valence-corrected chi connectivity index (χ3v) is 3.31. The van der Waals surface area contributed by atoms with Crippen molar-refractivity contribution in [1.29, 1.82) is 0 Å². The first-order chi connectivity index (χ1) is 11.2. The number of aromatic amines is 1. The SMILES string of the molecule is Cc1ccc2nc(NCCN(C)C(=O)OC(C)(C)C)[nH]c(=O)c2c1. The number of nitrogens with zero attached hydrogens (tertiary/aromatic N) is 2. The normalized spacial score (nSPS) is 11.4. The largest absolute Gasteiger partial charge is 0.444 e. The molecule has 1 amide bonds. The maximum absolute atomic E-state index is 12.1. The first-order valence-electron chi connectivity index (χ1n) is 7.84. The van der Waals surface area contributed by atoms with Crippen LogP contribution in [0.2, 0.25) is 0 Å². The average Bonchev–Trinajstić information content (AvgIpc) is 2.46. The molecule has 2 aromatic rings. The fourth-order valence-electron chi connectivity index (χ4n) is 2.11. The van der Waals surface area contributed by atoms with E-state index >= 15 is 0 Å². The standard InChI is InChI=1S/C17H24N4O3/c1-11-6-7-13-12(10-11)14(22)20-15(19-13)18-8-9-21(5)16(23)24-17(2,3)4/h6-7,10H,8-9H2,1-5H3,(H2,18,19,20,22). The number of benzene rings is 1. The minimum atomic E-state index is -0.526. The fraction of sp³-hybridized carbons (Fsp3) is 0.471. The van der Waals surface area contributed by atoms with Crippen molar-refractivity contribution in [3.05, 3.63) is 34.1 Å². The van der Waals surface area contributed by atoms with Crippen molar-refractivity contribution in [1.82, 2.24) is 14.9 Å². The summed E-state index contributed by atoms with van der Waals surface area (Å²) in [5.41, 5.74) is 0.927. The molecule has 0 aliphatic rings. The number of hydrogen-bond donors (Lipinski definition) is 2. The maximum atomic E-state index is 12.1. The predicted molar refractivity (Wildman–Crippen MR) is 94.5 cm³/mol. The zero-order chi connectivity index (χ0) is 17.9. The van der Waals surface area contributed by atoms with E-state index in [-0.39, 0.29) is 11.7 Å². The smallest absolute Gasteiger partial charge is 0.410 e. The molecule has 0 radical (unpaired) electrons. The van der Waals surface area contributed by atoms with Crippen molar-refractivity contribution >= 4 is 22.9 Å². The second-order valence-electron chi connectivity index (χ2n) is 6.76. The summed E-state index contributed by atoms with van der Waals surface area (Å²) in [5, 5.41) is 3.59. The van der Waals surface area contributed by atoms with Crippen LogP contribution in [0.3, 0.4) is 0 Å². The van der Waals surface area contributed by atoms with Gasteiger partial charge in [0.1, 0.15) is 5.60 Å². The highest BCUT2D eigenvalue weighted by Crippen LogP contribution is 2.11. The highest BCUT2D eigenvalue weighted by atomic mass is 16.6. The van der Waals surface area contributed by atoms with E-state index in [0.29, 0.717) is 29.9 Å². The van der Waals surface area contributed by atoms with E-state index in [0.717, 1.165) is 5.56 Å². The molecule has 7 heteroatoms. The molecule has 0 spiro atoms. The van der Waals surface area contributed by atoms with Crippen molar-refractivity contribution < 1.29 is 9.53 Å². The molecule has 2 rings (SSSR count). The fourth-order valence-corrected chi connectivity index (χ4v) is 2.11. The molecule has 0 fully saturated rings. The van der Waals surface area contributed by atoms with Gasteiger partial charge >= 0.3 is 6.09 Å². The number of anilines is 1. The molecular weight excluding hydrogens is 308 g/mol. The van der Waals surface area contributed by atoms with Gasteiger partial charge in [-0.25, -0.2) is 9.78 Å². The number of rotatable bonds is 4. The van der Waals surface area contributed by atoms with Crippen molar-refractivity contribution in [3.63, 3.8) is 0 Å². The molecule has 0 bridgehead atoms. The lowest BCUT2D eigenvalue weighted by molar-refractivity contribution is 0.0305. The number of fused-ring (bicyclic) bond motifs is 1. The first kappa shape index (κ1) is 17.8. The Labute approximate surface area is 141 Å². The number of carbonyl (C=O) groups excluding carboxylic acids is 1. The minimum Gasteiger partial charge on any atom is -0.444 e. The van der Waals surface area contributed by atoms with Crippen LogP contribution in [0.4, 0.5) is 10.7 Å². The highest BCUT2D eigenvalue weighted by molar-refractivity contribution is 5.79. The minimum absolute atomic E-state index is 0.188. The molecule has 0 saturated carbocycles. The maximum Gasteiger partial charge on any atom is 0.410 e. The molecule has 0 saturated heterocycles. The molecule has 1 heterocycles. The van der Waals surface area contributed by atoms with Crippen LogP contribution in [0, 0.1) is 6.92 Å². The van der Waals surface area contributed by atoms with Gasteiger partial charge in [0, 0.05) is 20.1 Å². The lowest BCUT2D eigenvalue weighted by atomic mass is 10.2. The molecule has 7 nitrogen and oxygen atoms in total. The van der Waals surface area contributed by atoms with Crippen molar-refractivity contribution in [2.75, 3.05) is 25.5 Å². The van der Waals surface area contributed by atoms with Gasteiger partial charge in [-0.2, -0.15) is 0 Å². The number of aromatic nitrogens is 2. The van der Waals surface area contributed by atoms with Crippen molar-refractivity contribution in [2.45, 2.75) is 33.3 Å². The van der Waals surface area contributed by atoms with Crippen LogP contribution in [0.15, 0.2) is 23.0 Å². The summed E-state index contributed by atoms with van der Waals surface area (Å²) in [6.45, 7) is 8.26. The molecule has 0 aliphatic carbocycles. The topological polar surface area (TPSA) is 87.3 Å². The van der Waals surface area contributed by atoms with Crippen LogP contribution in [0.5, 0.6) is 0 Å². The van der Waals surface area contributed by atoms with Gasteiger partial charge in [-0.1, -0.05) is 11.6 Å². The summed E-state index contributed by atoms with van der Waals surface area (Å²) in [4.78, 5) is 32.5. The summed E-state index contributed by atoms with van der Waals surface area (Å²) in [6, 6.07) is 5.54. The third-order valence-electron chi connectivity index (χ3n) is 3.31. The quantitative estimate of drug-likeness (QED) is 0.898. The van der Waals surface area contributed by atoms with Crippen LogP contribution >= 0.6 is 0 Å². The van der Waals surface area contributed by atoms with Gasteiger partial charge in [-0.15, -0.1) is 0 Å². The Morgan fingerprint density at radius 2 is 2.08 bits per heavy atom. The molecule has 0 atom stereocenters. The number of carbonyl (C=O) groups is 1. The van der Waals surface area contributed by atoms with Gasteiger partial charge in [-0.05, 0) is 39.8 Å². The van der Waals surface area contributed by atoms with E-state index in [1.807, 2.05) is 39.8 Å². The summed E-state index contributed by atoms with van der Waals surface area (Å²) in [5.74, 6) is 0.383. The van der Waals surface area contributed by atoms with Crippen LogP contribution in [-0.2, 0) is 4.74 Å². The van der Waals surface area contributed by atoms with Crippen LogP contribution in [-0.4, -0.2) is 46.7 Å². The van der Waals surface area contributed by atoms with Gasteiger partial charge in [0.05, 0.1) is 10.9 Å². The van der Waals surface area contributed by atoms with Crippen LogP contribution in [0.25, 0.3) is 10.9 Å². The number of amides is 1. The van der Waals surface area contributed by atoms with E-state index in [4.69, 9.17) is 4.74 Å². The van der Waals surface area contributed by atoms with E-state index in [9.17, 15) is 9.59 Å². The van der Waals surface area contributed by atoms with Gasteiger partial charge in [0.15, 0.2) is 0 Å². The number of hydrogen-bond acceptors (Lipinski definition) is 5. The molecule has 24 heavy (non-hydrogen) atoms. The van der Waals surface area contributed by atoms with Crippen LogP contribution < -0.4 is 10.9 Å². The number of H-pyrrole nitrogens is 1. The molecule has 0 aliphatic heterocycles. The Morgan fingerprint density at radius 3 is 2.75 bits per heavy atom. The lowest BCUT2D eigenvalue weighted by Crippen LogP contribution is -2.36. The van der Waals surface area contributed by atoms with E-state index in [1.54, 1.807) is 13.1 Å². The highest BCUT2D eigenvalue weighted by Gasteiger charge is 2.19. The number of ether oxygens (including phenoxy) is 1. The summed E-state index contributed by atoms with van der Waals surface area (Å²) in [7, 11) is 1.66. The van der Waals surface area contributed by atoms with Gasteiger partial charge in [-0.3, -0.25) is 9.78 Å². The lowest BCUT2D eigenvalue weighted by Gasteiger charge is -2.24. The average molecular weight is 332 g/mol. The summed E-state index contributed by atoms with van der Waals surface area (Å²) >= 11 is 0. The molecule has 0 unspecified atom stereocenters. The van der Waals surface area contributed by atoms with Gasteiger partial charge in [0.25, 0.3) is 5.56 Å². The number of likely N-dealkylation sites (N-methyl/N-ethyl adjacent to an activating group) is 1. The second kappa shape index (κ2) is 6.90. The monoisotopic (exact) mass is 332 g/mol. The van der Waals surface area contributed by atoms with Gasteiger partial charge in [0.2, 0.25) is 5.95 Å². The van der Waals surface area contributed by atoms with E-state index in [1.165, 1.54) is 4.90 Å². The van der Waals surface area contributed by atoms with Crippen molar-refractivity contribution in [2.24, 2.45) is 0 Å². The Morgan fingerprint density at radius 1 is 1.38 bits per heavy atom. The van der Waals surface area contributed by atoms with Gasteiger partial charge < -0.3 is 15.0 Å². The first-order valence-corrected chi connectivity index (χ1v) is 7.84. The third kappa shape index (κ3) is 4.71. The molecular formula is C17H24N4O3. The summed E-state index contributed by atoms with van der Waals surface area (Å²) < 4.78 is 5.28. The predicted octanol–water partition coefficient (Wildman–Crippen LogP) is 2.51. The number of nitrogens with one attached hydrogen (secondary N) is 2. The Hall–Kier alpha value is -2.57. The zero-order valence-electron chi connectivity index (χ0n) is 14.8.